The number of alkyl halides is 2. The lowest BCUT2D eigenvalue weighted by atomic mass is 10.1. The topological polar surface area (TPSA) is 65.4 Å². The smallest absolute Gasteiger partial charge is 0.387 e. The third-order valence-electron chi connectivity index (χ3n) is 5.03. The number of carbonyl (C=O) groups excluding carboxylic acids is 1. The molecular weight excluding hydrogens is 440 g/mol. The molecule has 3 rings (SSSR count). The van der Waals surface area contributed by atoms with Crippen LogP contribution in [0.4, 0.5) is 8.78 Å². The van der Waals surface area contributed by atoms with Gasteiger partial charge in [0.05, 0.1) is 24.9 Å². The van der Waals surface area contributed by atoms with Gasteiger partial charge in [0.2, 0.25) is 0 Å². The third kappa shape index (κ3) is 5.56. The van der Waals surface area contributed by atoms with E-state index in [2.05, 4.69) is 15.2 Å². The Balaban J connectivity index is 1.66. The molecule has 0 spiro atoms. The Bertz CT molecular complexity index is 1100. The zero-order valence-corrected chi connectivity index (χ0v) is 18.7. The molecule has 6 nitrogen and oxygen atoms in total. The van der Waals surface area contributed by atoms with Crippen LogP contribution in [0.2, 0.25) is 5.02 Å². The number of nitrogens with one attached hydrogen (secondary N) is 1. The quantitative estimate of drug-likeness (QED) is 0.496. The fraction of sp³-hybridized carbons (Fsp3) is 0.304. The summed E-state index contributed by atoms with van der Waals surface area (Å²) in [4.78, 5) is 12.8. The number of amides is 1. The molecule has 0 saturated heterocycles. The summed E-state index contributed by atoms with van der Waals surface area (Å²) in [5.41, 5.74) is 3.49. The van der Waals surface area contributed by atoms with Crippen LogP contribution in [-0.4, -0.2) is 36.0 Å². The average molecular weight is 464 g/mol. The number of rotatable bonds is 9. The highest BCUT2D eigenvalue weighted by Crippen LogP contribution is 2.29. The molecular formula is C23H24ClF2N3O3. The van der Waals surface area contributed by atoms with Crippen molar-refractivity contribution in [2.75, 3.05) is 13.7 Å². The maximum absolute atomic E-state index is 12.8. The summed E-state index contributed by atoms with van der Waals surface area (Å²) in [5, 5.41) is 8.00. The Morgan fingerprint density at radius 1 is 1.19 bits per heavy atom. The molecule has 1 N–H and O–H groups in total. The molecule has 1 aromatic heterocycles. The number of nitrogens with zero attached hydrogens (tertiary/aromatic N) is 2. The van der Waals surface area contributed by atoms with Crippen LogP contribution in [0.3, 0.4) is 0 Å². The van der Waals surface area contributed by atoms with Crippen molar-refractivity contribution < 1.29 is 23.0 Å². The van der Waals surface area contributed by atoms with Crippen LogP contribution in [0.1, 0.15) is 32.9 Å². The Morgan fingerprint density at radius 3 is 2.62 bits per heavy atom. The second-order valence-corrected chi connectivity index (χ2v) is 7.57. The van der Waals surface area contributed by atoms with Gasteiger partial charge >= 0.3 is 6.61 Å². The SMILES string of the molecule is COc1ccc(CCNC(=O)c2c(C)nn(Cc3ccccc3Cl)c2C)cc1OC(F)F. The van der Waals surface area contributed by atoms with Gasteiger partial charge in [-0.25, -0.2) is 0 Å². The minimum atomic E-state index is -2.95. The number of ether oxygens (including phenoxy) is 2. The van der Waals surface area contributed by atoms with Crippen LogP contribution in [0.5, 0.6) is 11.5 Å². The van der Waals surface area contributed by atoms with E-state index >= 15 is 0 Å². The van der Waals surface area contributed by atoms with E-state index in [-0.39, 0.29) is 17.4 Å². The van der Waals surface area contributed by atoms with Crippen LogP contribution >= 0.6 is 11.6 Å². The second kappa shape index (κ2) is 10.5. The number of benzene rings is 2. The van der Waals surface area contributed by atoms with Crippen molar-refractivity contribution in [1.29, 1.82) is 0 Å². The molecule has 1 amide bonds. The molecule has 0 radical (unpaired) electrons. The van der Waals surface area contributed by atoms with Gasteiger partial charge < -0.3 is 14.8 Å². The van der Waals surface area contributed by atoms with Crippen LogP contribution in [0.25, 0.3) is 0 Å². The molecule has 1 heterocycles. The van der Waals surface area contributed by atoms with Gasteiger partial charge in [-0.3, -0.25) is 9.48 Å². The van der Waals surface area contributed by atoms with Gasteiger partial charge in [0.25, 0.3) is 5.91 Å². The lowest BCUT2D eigenvalue weighted by Crippen LogP contribution is -2.26. The van der Waals surface area contributed by atoms with Gasteiger partial charge in [0, 0.05) is 17.3 Å². The Labute approximate surface area is 190 Å². The number of carbonyl (C=O) groups is 1. The predicted molar refractivity (Wildman–Crippen MR) is 118 cm³/mol. The van der Waals surface area contributed by atoms with E-state index in [1.807, 2.05) is 31.2 Å². The summed E-state index contributed by atoms with van der Waals surface area (Å²) < 4.78 is 36.5. The molecule has 0 unspecified atom stereocenters. The molecule has 0 aliphatic carbocycles. The largest absolute Gasteiger partial charge is 0.493 e. The normalized spacial score (nSPS) is 11.0. The van der Waals surface area contributed by atoms with Crippen molar-refractivity contribution >= 4 is 17.5 Å². The highest BCUT2D eigenvalue weighted by atomic mass is 35.5. The van der Waals surface area contributed by atoms with Gasteiger partial charge in [-0.15, -0.1) is 0 Å². The molecule has 0 bridgehead atoms. The molecule has 32 heavy (non-hydrogen) atoms. The van der Waals surface area contributed by atoms with Crippen LogP contribution in [-0.2, 0) is 13.0 Å². The van der Waals surface area contributed by atoms with Crippen molar-refractivity contribution in [3.63, 3.8) is 0 Å². The molecule has 170 valence electrons. The zero-order valence-electron chi connectivity index (χ0n) is 18.0. The van der Waals surface area contributed by atoms with Crippen molar-refractivity contribution in [2.45, 2.75) is 33.4 Å². The Kier molecular flexibility index (Phi) is 7.69. The number of hydrogen-bond acceptors (Lipinski definition) is 4. The second-order valence-electron chi connectivity index (χ2n) is 7.16. The monoisotopic (exact) mass is 463 g/mol. The first-order chi connectivity index (χ1) is 15.3. The fourth-order valence-electron chi connectivity index (χ4n) is 3.44. The lowest BCUT2D eigenvalue weighted by Gasteiger charge is -2.12. The van der Waals surface area contributed by atoms with Crippen LogP contribution < -0.4 is 14.8 Å². The molecule has 0 aliphatic rings. The molecule has 0 atom stereocenters. The van der Waals surface area contributed by atoms with E-state index in [1.165, 1.54) is 13.2 Å². The first-order valence-electron chi connectivity index (χ1n) is 9.97. The van der Waals surface area contributed by atoms with Gasteiger partial charge in [0.1, 0.15) is 0 Å². The Morgan fingerprint density at radius 2 is 1.94 bits per heavy atom. The zero-order chi connectivity index (χ0) is 23.3. The van der Waals surface area contributed by atoms with Gasteiger partial charge in [-0.05, 0) is 49.6 Å². The van der Waals surface area contributed by atoms with Crippen molar-refractivity contribution in [3.05, 3.63) is 75.6 Å². The maximum Gasteiger partial charge on any atom is 0.387 e. The molecule has 0 saturated carbocycles. The van der Waals surface area contributed by atoms with Gasteiger partial charge in [0.15, 0.2) is 11.5 Å². The van der Waals surface area contributed by atoms with Crippen LogP contribution in [0, 0.1) is 13.8 Å². The van der Waals surface area contributed by atoms with E-state index in [0.29, 0.717) is 35.8 Å². The lowest BCUT2D eigenvalue weighted by molar-refractivity contribution is -0.0512. The number of hydrogen-bond donors (Lipinski definition) is 1. The van der Waals surface area contributed by atoms with Gasteiger partial charge in [-0.2, -0.15) is 13.9 Å². The number of methoxy groups -OCH3 is 1. The summed E-state index contributed by atoms with van der Waals surface area (Å²) in [6.45, 7) is 1.44. The minimum absolute atomic E-state index is 0.0427. The highest BCUT2D eigenvalue weighted by molar-refractivity contribution is 6.31. The van der Waals surface area contributed by atoms with Crippen molar-refractivity contribution in [3.8, 4) is 11.5 Å². The van der Waals surface area contributed by atoms with E-state index in [4.69, 9.17) is 16.3 Å². The fourth-order valence-corrected chi connectivity index (χ4v) is 3.64. The number of halogens is 3. The Hall–Kier alpha value is -3.13. The first kappa shape index (κ1) is 23.5. The molecule has 2 aromatic carbocycles. The molecule has 0 fully saturated rings. The van der Waals surface area contributed by atoms with E-state index in [9.17, 15) is 13.6 Å². The number of aromatic nitrogens is 2. The van der Waals surface area contributed by atoms with Crippen molar-refractivity contribution in [1.82, 2.24) is 15.1 Å². The van der Waals surface area contributed by atoms with E-state index in [0.717, 1.165) is 16.8 Å². The van der Waals surface area contributed by atoms with Gasteiger partial charge in [-0.1, -0.05) is 35.9 Å². The van der Waals surface area contributed by atoms with Crippen molar-refractivity contribution in [2.24, 2.45) is 0 Å². The molecule has 0 aliphatic heterocycles. The standard InChI is InChI=1S/C23H24ClF2N3O3/c1-14-21(15(2)29(28-14)13-17-6-4-5-7-18(17)24)22(30)27-11-10-16-8-9-19(31-3)20(12-16)32-23(25)26/h4-9,12,23H,10-11,13H2,1-3H3,(H,27,30). The summed E-state index contributed by atoms with van der Waals surface area (Å²) in [7, 11) is 1.38. The predicted octanol–water partition coefficient (Wildman–Crippen LogP) is 4.78. The molecule has 9 heteroatoms. The first-order valence-corrected chi connectivity index (χ1v) is 10.3. The summed E-state index contributed by atoms with van der Waals surface area (Å²) in [6.07, 6.45) is 0.432. The molecule has 3 aromatic rings. The highest BCUT2D eigenvalue weighted by Gasteiger charge is 2.19. The van der Waals surface area contributed by atoms with Crippen LogP contribution in [0.15, 0.2) is 42.5 Å². The summed E-state index contributed by atoms with van der Waals surface area (Å²) in [5.74, 6) is -0.0721. The average Bonchev–Trinajstić information content (AvgIpc) is 3.02. The summed E-state index contributed by atoms with van der Waals surface area (Å²) in [6, 6.07) is 12.3. The maximum atomic E-state index is 12.8. The van der Waals surface area contributed by atoms with E-state index < -0.39 is 6.61 Å². The third-order valence-corrected chi connectivity index (χ3v) is 5.40. The summed E-state index contributed by atoms with van der Waals surface area (Å²) >= 11 is 6.24. The van der Waals surface area contributed by atoms with E-state index in [1.54, 1.807) is 23.7 Å². The minimum Gasteiger partial charge on any atom is -0.493 e. The number of aryl methyl sites for hydroxylation is 1.